The van der Waals surface area contributed by atoms with Gasteiger partial charge in [0.1, 0.15) is 5.75 Å². The third kappa shape index (κ3) is 5.29. The Balaban J connectivity index is 2.10. The Labute approximate surface area is 174 Å². The van der Waals surface area contributed by atoms with Crippen molar-refractivity contribution in [1.82, 2.24) is 5.32 Å². The van der Waals surface area contributed by atoms with E-state index in [0.29, 0.717) is 22.9 Å². The molecule has 2 aromatic rings. The number of carbonyl (C=O) groups is 2. The molecule has 0 saturated heterocycles. The van der Waals surface area contributed by atoms with Crippen LogP contribution in [0.1, 0.15) is 27.6 Å². The fourth-order valence-electron chi connectivity index (χ4n) is 2.05. The molecule has 0 unspecified atom stereocenters. The van der Waals surface area contributed by atoms with Crippen molar-refractivity contribution in [1.29, 1.82) is 0 Å². The number of thiocarbonyl (C=S) groups is 1. The minimum absolute atomic E-state index is 0.0243. The van der Waals surface area contributed by atoms with Gasteiger partial charge in [0, 0.05) is 9.13 Å². The van der Waals surface area contributed by atoms with E-state index in [-0.39, 0.29) is 16.4 Å². The molecule has 0 aromatic heterocycles. The van der Waals surface area contributed by atoms with Gasteiger partial charge in [-0.2, -0.15) is 0 Å². The first-order valence-electron chi connectivity index (χ1n) is 7.39. The van der Waals surface area contributed by atoms with Crippen LogP contribution in [-0.2, 0) is 0 Å². The van der Waals surface area contributed by atoms with Crippen LogP contribution in [0.2, 0.25) is 5.02 Å². The molecule has 6 nitrogen and oxygen atoms in total. The zero-order valence-electron chi connectivity index (χ0n) is 13.5. The lowest BCUT2D eigenvalue weighted by Crippen LogP contribution is -2.34. The highest BCUT2D eigenvalue weighted by molar-refractivity contribution is 14.1. The van der Waals surface area contributed by atoms with E-state index < -0.39 is 11.9 Å². The Bertz CT molecular complexity index is 876. The summed E-state index contributed by atoms with van der Waals surface area (Å²) >= 11 is 13.2. The lowest BCUT2D eigenvalue weighted by atomic mass is 10.2. The predicted molar refractivity (Wildman–Crippen MR) is 112 cm³/mol. The van der Waals surface area contributed by atoms with Crippen LogP contribution in [-0.4, -0.2) is 28.7 Å². The number of carboxylic acids is 1. The number of hydrogen-bond donors (Lipinski definition) is 3. The molecule has 0 saturated carbocycles. The van der Waals surface area contributed by atoms with E-state index in [9.17, 15) is 14.7 Å². The predicted octanol–water partition coefficient (Wildman–Crippen LogP) is 4.17. The maximum Gasteiger partial charge on any atom is 0.337 e. The maximum atomic E-state index is 12.3. The SMILES string of the molecule is CCOc1ccc(C(=O)NC(=S)Nc2ccc(I)cc2C(=O)O)cc1Cl. The Morgan fingerprint density at radius 2 is 2.00 bits per heavy atom. The maximum absolute atomic E-state index is 12.3. The summed E-state index contributed by atoms with van der Waals surface area (Å²) in [4.78, 5) is 23.6. The highest BCUT2D eigenvalue weighted by atomic mass is 127. The molecular weight excluding hydrogens is 491 g/mol. The Kier molecular flexibility index (Phi) is 7.18. The number of hydrogen-bond acceptors (Lipinski definition) is 4. The van der Waals surface area contributed by atoms with E-state index >= 15 is 0 Å². The molecule has 0 spiro atoms. The van der Waals surface area contributed by atoms with Crippen molar-refractivity contribution < 1.29 is 19.4 Å². The molecule has 0 heterocycles. The van der Waals surface area contributed by atoms with Gasteiger partial charge in [0.25, 0.3) is 5.91 Å². The van der Waals surface area contributed by atoms with Gasteiger partial charge in [0.15, 0.2) is 5.11 Å². The first kappa shape index (κ1) is 20.4. The minimum Gasteiger partial charge on any atom is -0.492 e. The molecule has 0 radical (unpaired) electrons. The lowest BCUT2D eigenvalue weighted by Gasteiger charge is -2.12. The van der Waals surface area contributed by atoms with Crippen LogP contribution in [0.15, 0.2) is 36.4 Å². The van der Waals surface area contributed by atoms with Gasteiger partial charge < -0.3 is 15.2 Å². The van der Waals surface area contributed by atoms with Crippen LogP contribution in [0.25, 0.3) is 0 Å². The molecule has 9 heteroatoms. The van der Waals surface area contributed by atoms with Crippen LogP contribution >= 0.6 is 46.4 Å². The molecule has 0 fully saturated rings. The number of aromatic carboxylic acids is 1. The highest BCUT2D eigenvalue weighted by Gasteiger charge is 2.14. The van der Waals surface area contributed by atoms with Gasteiger partial charge in [-0.3, -0.25) is 10.1 Å². The molecule has 2 rings (SSSR count). The zero-order chi connectivity index (χ0) is 19.3. The molecule has 136 valence electrons. The van der Waals surface area contributed by atoms with Crippen molar-refractivity contribution in [3.05, 3.63) is 56.1 Å². The van der Waals surface area contributed by atoms with Gasteiger partial charge in [0.2, 0.25) is 0 Å². The fourth-order valence-corrected chi connectivity index (χ4v) is 2.97. The highest BCUT2D eigenvalue weighted by Crippen LogP contribution is 2.25. The first-order chi connectivity index (χ1) is 12.3. The summed E-state index contributed by atoms with van der Waals surface area (Å²) in [5.41, 5.74) is 0.634. The summed E-state index contributed by atoms with van der Waals surface area (Å²) in [7, 11) is 0. The van der Waals surface area contributed by atoms with Crippen LogP contribution in [0.4, 0.5) is 5.69 Å². The van der Waals surface area contributed by atoms with Gasteiger partial charge in [0.05, 0.1) is 22.9 Å². The number of rotatable bonds is 5. The summed E-state index contributed by atoms with van der Waals surface area (Å²) in [6.45, 7) is 2.29. The van der Waals surface area contributed by atoms with Crippen LogP contribution in [0, 0.1) is 3.57 Å². The van der Waals surface area contributed by atoms with Gasteiger partial charge in [-0.15, -0.1) is 0 Å². The molecular formula is C17H14ClIN2O4S. The summed E-state index contributed by atoms with van der Waals surface area (Å²) in [6.07, 6.45) is 0. The summed E-state index contributed by atoms with van der Waals surface area (Å²) in [5.74, 6) is -1.09. The van der Waals surface area contributed by atoms with Crippen molar-refractivity contribution in [2.75, 3.05) is 11.9 Å². The molecule has 2 aromatic carbocycles. The molecule has 0 bridgehead atoms. The van der Waals surface area contributed by atoms with Gasteiger partial charge in [-0.05, 0) is 78.1 Å². The Morgan fingerprint density at radius 3 is 2.62 bits per heavy atom. The van der Waals surface area contributed by atoms with E-state index in [4.69, 9.17) is 28.6 Å². The van der Waals surface area contributed by atoms with Crippen molar-refractivity contribution in [2.45, 2.75) is 6.92 Å². The van der Waals surface area contributed by atoms with Crippen molar-refractivity contribution >= 4 is 69.1 Å². The summed E-state index contributed by atoms with van der Waals surface area (Å²) in [5, 5.41) is 14.8. The smallest absolute Gasteiger partial charge is 0.337 e. The van der Waals surface area contributed by atoms with Crippen molar-refractivity contribution in [3.8, 4) is 5.75 Å². The number of anilines is 1. The second kappa shape index (κ2) is 9.15. The number of amides is 1. The van der Waals surface area contributed by atoms with E-state index in [2.05, 4.69) is 10.6 Å². The topological polar surface area (TPSA) is 87.7 Å². The molecule has 0 aliphatic carbocycles. The van der Waals surface area contributed by atoms with Gasteiger partial charge in [-0.25, -0.2) is 4.79 Å². The minimum atomic E-state index is -1.10. The number of halogens is 2. The third-order valence-electron chi connectivity index (χ3n) is 3.18. The van der Waals surface area contributed by atoms with Crippen LogP contribution in [0.5, 0.6) is 5.75 Å². The normalized spacial score (nSPS) is 10.1. The van der Waals surface area contributed by atoms with E-state index in [1.54, 1.807) is 24.3 Å². The van der Waals surface area contributed by atoms with Gasteiger partial charge >= 0.3 is 5.97 Å². The number of nitrogens with one attached hydrogen (secondary N) is 2. The monoisotopic (exact) mass is 504 g/mol. The van der Waals surface area contributed by atoms with Crippen molar-refractivity contribution in [3.63, 3.8) is 0 Å². The molecule has 0 atom stereocenters. The van der Waals surface area contributed by atoms with Crippen molar-refractivity contribution in [2.24, 2.45) is 0 Å². The Hall–Kier alpha value is -1.91. The second-order valence-electron chi connectivity index (χ2n) is 4.98. The molecule has 0 aliphatic heterocycles. The number of ether oxygens (including phenoxy) is 1. The quantitative estimate of drug-likeness (QED) is 0.419. The van der Waals surface area contributed by atoms with E-state index in [1.165, 1.54) is 12.1 Å². The third-order valence-corrected chi connectivity index (χ3v) is 4.35. The summed E-state index contributed by atoms with van der Waals surface area (Å²) < 4.78 is 6.09. The largest absolute Gasteiger partial charge is 0.492 e. The fraction of sp³-hybridized carbons (Fsp3) is 0.118. The molecule has 26 heavy (non-hydrogen) atoms. The lowest BCUT2D eigenvalue weighted by molar-refractivity contribution is 0.0697. The zero-order valence-corrected chi connectivity index (χ0v) is 17.2. The molecule has 3 N–H and O–H groups in total. The number of carboxylic acid groups (broad SMARTS) is 1. The standard InChI is InChI=1S/C17H14ClIN2O4S/c1-2-25-14-6-3-9(7-12(14)18)15(22)21-17(26)20-13-5-4-10(19)8-11(13)16(23)24/h3-8H,2H2,1H3,(H,23,24)(H2,20,21,22,26). The summed E-state index contributed by atoms with van der Waals surface area (Å²) in [6, 6.07) is 9.44. The average molecular weight is 505 g/mol. The van der Waals surface area contributed by atoms with Gasteiger partial charge in [-0.1, -0.05) is 11.6 Å². The number of carbonyl (C=O) groups excluding carboxylic acids is 1. The molecule has 1 amide bonds. The second-order valence-corrected chi connectivity index (χ2v) is 7.04. The average Bonchev–Trinajstić information content (AvgIpc) is 2.58. The molecule has 0 aliphatic rings. The van der Waals surface area contributed by atoms with E-state index in [0.717, 1.165) is 3.57 Å². The first-order valence-corrected chi connectivity index (χ1v) is 9.25. The Morgan fingerprint density at radius 1 is 1.27 bits per heavy atom. The van der Waals surface area contributed by atoms with Crippen LogP contribution < -0.4 is 15.4 Å². The van der Waals surface area contributed by atoms with Crippen LogP contribution in [0.3, 0.4) is 0 Å². The van der Waals surface area contributed by atoms with E-state index in [1.807, 2.05) is 29.5 Å². The number of benzene rings is 2.